The van der Waals surface area contributed by atoms with Gasteiger partial charge in [0, 0.05) is 43.2 Å². The van der Waals surface area contributed by atoms with Crippen LogP contribution >= 0.6 is 0 Å². The number of hydrogen-bond acceptors (Lipinski definition) is 5. The monoisotopic (exact) mass is 295 g/mol. The number of benzene rings is 1. The normalized spacial score (nSPS) is 12.0. The smallest absolute Gasteiger partial charge is 0.273 e. The van der Waals surface area contributed by atoms with Gasteiger partial charge in [-0.1, -0.05) is 20.3 Å². The third kappa shape index (κ3) is 5.99. The zero-order chi connectivity index (χ0) is 15.7. The summed E-state index contributed by atoms with van der Waals surface area (Å²) < 4.78 is 5.19. The SMILES string of the molecule is CCCNc1cc(NC(CCC)COC)cc([N+](=O)[O-])c1. The van der Waals surface area contributed by atoms with Crippen LogP contribution in [-0.4, -0.2) is 31.2 Å². The molecule has 0 fully saturated rings. The first-order valence-electron chi connectivity index (χ1n) is 7.39. The minimum absolute atomic E-state index is 0.0891. The van der Waals surface area contributed by atoms with Crippen molar-refractivity contribution < 1.29 is 9.66 Å². The molecule has 0 aliphatic heterocycles. The van der Waals surface area contributed by atoms with E-state index in [2.05, 4.69) is 24.5 Å². The van der Waals surface area contributed by atoms with Crippen molar-refractivity contribution >= 4 is 17.1 Å². The van der Waals surface area contributed by atoms with Gasteiger partial charge < -0.3 is 15.4 Å². The molecule has 0 radical (unpaired) electrons. The molecule has 6 nitrogen and oxygen atoms in total. The van der Waals surface area contributed by atoms with Crippen LogP contribution in [0.4, 0.5) is 17.1 Å². The largest absolute Gasteiger partial charge is 0.385 e. The number of non-ortho nitro benzene ring substituents is 1. The van der Waals surface area contributed by atoms with Gasteiger partial charge in [-0.2, -0.15) is 0 Å². The van der Waals surface area contributed by atoms with Crippen molar-refractivity contribution in [1.29, 1.82) is 0 Å². The predicted octanol–water partition coefficient (Wildman–Crippen LogP) is 3.64. The molecule has 0 saturated heterocycles. The maximum Gasteiger partial charge on any atom is 0.273 e. The van der Waals surface area contributed by atoms with Gasteiger partial charge in [0.1, 0.15) is 0 Å². The second kappa shape index (κ2) is 9.18. The summed E-state index contributed by atoms with van der Waals surface area (Å²) in [7, 11) is 1.66. The molecule has 0 aromatic heterocycles. The summed E-state index contributed by atoms with van der Waals surface area (Å²) in [5, 5.41) is 17.6. The van der Waals surface area contributed by atoms with E-state index in [1.807, 2.05) is 6.07 Å². The summed E-state index contributed by atoms with van der Waals surface area (Å²) in [6, 6.07) is 5.18. The van der Waals surface area contributed by atoms with E-state index in [9.17, 15) is 10.1 Å². The van der Waals surface area contributed by atoms with Gasteiger partial charge in [0.15, 0.2) is 0 Å². The lowest BCUT2D eigenvalue weighted by Crippen LogP contribution is -2.24. The Morgan fingerprint density at radius 1 is 1.24 bits per heavy atom. The molecule has 0 aliphatic carbocycles. The maximum absolute atomic E-state index is 11.0. The van der Waals surface area contributed by atoms with E-state index in [0.29, 0.717) is 6.61 Å². The molecule has 1 atom stereocenters. The quantitative estimate of drug-likeness (QED) is 0.509. The summed E-state index contributed by atoms with van der Waals surface area (Å²) >= 11 is 0. The van der Waals surface area contributed by atoms with Crippen LogP contribution in [-0.2, 0) is 4.74 Å². The van der Waals surface area contributed by atoms with Gasteiger partial charge in [-0.05, 0) is 18.9 Å². The first kappa shape index (κ1) is 17.2. The first-order valence-corrected chi connectivity index (χ1v) is 7.39. The number of nitro groups is 1. The highest BCUT2D eigenvalue weighted by molar-refractivity contribution is 5.63. The van der Waals surface area contributed by atoms with Crippen LogP contribution in [0, 0.1) is 10.1 Å². The van der Waals surface area contributed by atoms with Gasteiger partial charge >= 0.3 is 0 Å². The van der Waals surface area contributed by atoms with E-state index < -0.39 is 0 Å². The van der Waals surface area contributed by atoms with Crippen LogP contribution in [0.3, 0.4) is 0 Å². The molecule has 1 unspecified atom stereocenters. The molecule has 6 heteroatoms. The summed E-state index contributed by atoms with van der Waals surface area (Å²) in [4.78, 5) is 10.7. The number of ether oxygens (including phenoxy) is 1. The molecule has 1 aromatic rings. The molecule has 1 aromatic carbocycles. The third-order valence-corrected chi connectivity index (χ3v) is 3.08. The maximum atomic E-state index is 11.0. The molecule has 21 heavy (non-hydrogen) atoms. The van der Waals surface area contributed by atoms with Crippen molar-refractivity contribution in [2.24, 2.45) is 0 Å². The van der Waals surface area contributed by atoms with Crippen LogP contribution in [0.25, 0.3) is 0 Å². The number of nitrogens with one attached hydrogen (secondary N) is 2. The predicted molar refractivity (Wildman–Crippen MR) is 86.1 cm³/mol. The summed E-state index contributed by atoms with van der Waals surface area (Å²) in [6.45, 7) is 5.52. The zero-order valence-corrected chi connectivity index (χ0v) is 13.0. The second-order valence-electron chi connectivity index (χ2n) is 5.04. The van der Waals surface area contributed by atoms with Crippen molar-refractivity contribution in [3.63, 3.8) is 0 Å². The van der Waals surface area contributed by atoms with Crippen LogP contribution in [0.5, 0.6) is 0 Å². The number of nitro benzene ring substituents is 1. The lowest BCUT2D eigenvalue weighted by Gasteiger charge is -2.19. The van der Waals surface area contributed by atoms with E-state index in [1.54, 1.807) is 19.2 Å². The fraction of sp³-hybridized carbons (Fsp3) is 0.600. The Morgan fingerprint density at radius 3 is 2.52 bits per heavy atom. The van der Waals surface area contributed by atoms with E-state index in [1.165, 1.54) is 0 Å². The third-order valence-electron chi connectivity index (χ3n) is 3.08. The molecule has 2 N–H and O–H groups in total. The molecule has 0 saturated carbocycles. The molecular weight excluding hydrogens is 270 g/mol. The van der Waals surface area contributed by atoms with Crippen molar-refractivity contribution in [3.05, 3.63) is 28.3 Å². The number of hydrogen-bond donors (Lipinski definition) is 2. The van der Waals surface area contributed by atoms with Gasteiger partial charge in [-0.25, -0.2) is 0 Å². The number of rotatable bonds is 10. The van der Waals surface area contributed by atoms with E-state index in [-0.39, 0.29) is 16.7 Å². The molecule has 118 valence electrons. The highest BCUT2D eigenvalue weighted by Gasteiger charge is 2.13. The molecule has 0 amide bonds. The van der Waals surface area contributed by atoms with Crippen molar-refractivity contribution in [1.82, 2.24) is 0 Å². The Morgan fingerprint density at radius 2 is 1.95 bits per heavy atom. The summed E-state index contributed by atoms with van der Waals surface area (Å²) in [5.41, 5.74) is 1.60. The minimum Gasteiger partial charge on any atom is -0.385 e. The minimum atomic E-state index is -0.368. The van der Waals surface area contributed by atoms with Gasteiger partial charge in [-0.15, -0.1) is 0 Å². The highest BCUT2D eigenvalue weighted by atomic mass is 16.6. The topological polar surface area (TPSA) is 76.4 Å². The fourth-order valence-corrected chi connectivity index (χ4v) is 2.15. The highest BCUT2D eigenvalue weighted by Crippen LogP contribution is 2.25. The first-order chi connectivity index (χ1) is 10.1. The van der Waals surface area contributed by atoms with Crippen LogP contribution in [0.1, 0.15) is 33.1 Å². The van der Waals surface area contributed by atoms with Crippen molar-refractivity contribution in [2.75, 3.05) is 30.9 Å². The van der Waals surface area contributed by atoms with Gasteiger partial charge in [0.2, 0.25) is 0 Å². The van der Waals surface area contributed by atoms with Crippen LogP contribution in [0.15, 0.2) is 18.2 Å². The Labute approximate surface area is 126 Å². The van der Waals surface area contributed by atoms with Crippen LogP contribution < -0.4 is 10.6 Å². The lowest BCUT2D eigenvalue weighted by molar-refractivity contribution is -0.384. The fourth-order valence-electron chi connectivity index (χ4n) is 2.15. The Hall–Kier alpha value is -1.82. The van der Waals surface area contributed by atoms with E-state index in [4.69, 9.17) is 4.74 Å². The van der Waals surface area contributed by atoms with E-state index >= 15 is 0 Å². The average Bonchev–Trinajstić information content (AvgIpc) is 2.45. The van der Waals surface area contributed by atoms with Gasteiger partial charge in [-0.3, -0.25) is 10.1 Å². The van der Waals surface area contributed by atoms with Gasteiger partial charge in [0.05, 0.1) is 11.5 Å². The van der Waals surface area contributed by atoms with Gasteiger partial charge in [0.25, 0.3) is 5.69 Å². The molecule has 1 rings (SSSR count). The van der Waals surface area contributed by atoms with Crippen molar-refractivity contribution in [2.45, 2.75) is 39.2 Å². The number of nitrogens with zero attached hydrogens (tertiary/aromatic N) is 1. The van der Waals surface area contributed by atoms with E-state index in [0.717, 1.165) is 37.2 Å². The van der Waals surface area contributed by atoms with Crippen LogP contribution in [0.2, 0.25) is 0 Å². The number of methoxy groups -OCH3 is 1. The molecular formula is C15H25N3O3. The molecule has 0 heterocycles. The Balaban J connectivity index is 2.92. The second-order valence-corrected chi connectivity index (χ2v) is 5.04. The average molecular weight is 295 g/mol. The lowest BCUT2D eigenvalue weighted by atomic mass is 10.1. The zero-order valence-electron chi connectivity index (χ0n) is 13.0. The molecule has 0 bridgehead atoms. The van der Waals surface area contributed by atoms with Crippen molar-refractivity contribution in [3.8, 4) is 0 Å². The summed E-state index contributed by atoms with van der Waals surface area (Å²) in [6.07, 6.45) is 2.94. The standard InChI is InChI=1S/C15H25N3O3/c1-4-6-12(11-21-3)17-14-8-13(16-7-5-2)9-15(10-14)18(19)20/h8-10,12,16-17H,4-7,11H2,1-3H3. The number of anilines is 2. The Bertz CT molecular complexity index is 446. The molecule has 0 aliphatic rings. The Kier molecular flexibility index (Phi) is 7.53. The molecule has 0 spiro atoms. The summed E-state index contributed by atoms with van der Waals surface area (Å²) in [5.74, 6) is 0.